The van der Waals surface area contributed by atoms with Crippen LogP contribution in [-0.4, -0.2) is 22.9 Å². The topological polar surface area (TPSA) is 105 Å². The van der Waals surface area contributed by atoms with Crippen LogP contribution in [-0.2, 0) is 9.68 Å². The lowest BCUT2D eigenvalue weighted by Gasteiger charge is -2.14. The fourth-order valence-electron chi connectivity index (χ4n) is 0.951. The zero-order valence-corrected chi connectivity index (χ0v) is 8.62. The predicted molar refractivity (Wildman–Crippen MR) is 48.9 cm³/mol. The van der Waals surface area contributed by atoms with Crippen molar-refractivity contribution in [2.45, 2.75) is 32.8 Å². The summed E-state index contributed by atoms with van der Waals surface area (Å²) in [5.74, 6) is 0.346. The molecule has 0 saturated carbocycles. The van der Waals surface area contributed by atoms with Gasteiger partial charge in [-0.15, -0.1) is 20.2 Å². The summed E-state index contributed by atoms with van der Waals surface area (Å²) in [5.41, 5.74) is 0. The van der Waals surface area contributed by atoms with Gasteiger partial charge in [-0.1, -0.05) is 13.8 Å². The summed E-state index contributed by atoms with van der Waals surface area (Å²) in [4.78, 5) is 28.2. The minimum Gasteiger partial charge on any atom is -0.312 e. The SMILES string of the molecule is CC(C)CC[C@H](CO[N+](=O)[O-])O[N+](=O)[O-]. The second-order valence-corrected chi connectivity index (χ2v) is 3.44. The maximum absolute atomic E-state index is 10.1. The zero-order valence-electron chi connectivity index (χ0n) is 8.62. The van der Waals surface area contributed by atoms with Gasteiger partial charge in [0.2, 0.25) is 0 Å². The van der Waals surface area contributed by atoms with Gasteiger partial charge >= 0.3 is 0 Å². The van der Waals surface area contributed by atoms with Gasteiger partial charge in [0.25, 0.3) is 10.2 Å². The van der Waals surface area contributed by atoms with Crippen molar-refractivity contribution in [3.8, 4) is 0 Å². The molecule has 15 heavy (non-hydrogen) atoms. The van der Waals surface area contributed by atoms with Gasteiger partial charge in [0, 0.05) is 0 Å². The molecule has 0 N–H and O–H groups in total. The van der Waals surface area contributed by atoms with Gasteiger partial charge in [-0.3, -0.25) is 0 Å². The van der Waals surface area contributed by atoms with Crippen LogP contribution in [0.2, 0.25) is 0 Å². The van der Waals surface area contributed by atoms with Crippen molar-refractivity contribution >= 4 is 0 Å². The van der Waals surface area contributed by atoms with Crippen LogP contribution in [0, 0.1) is 26.1 Å². The van der Waals surface area contributed by atoms with E-state index in [0.29, 0.717) is 18.8 Å². The Morgan fingerprint density at radius 2 is 1.73 bits per heavy atom. The van der Waals surface area contributed by atoms with Crippen molar-refractivity contribution in [2.75, 3.05) is 6.61 Å². The lowest BCUT2D eigenvalue weighted by atomic mass is 10.1. The van der Waals surface area contributed by atoms with Gasteiger partial charge in [0.15, 0.2) is 0 Å². The van der Waals surface area contributed by atoms with Crippen molar-refractivity contribution in [3.63, 3.8) is 0 Å². The Morgan fingerprint density at radius 1 is 1.13 bits per heavy atom. The Labute approximate surface area is 86.4 Å². The fourth-order valence-corrected chi connectivity index (χ4v) is 0.951. The van der Waals surface area contributed by atoms with Crippen LogP contribution in [0.1, 0.15) is 26.7 Å². The molecule has 0 fully saturated rings. The molecule has 0 aliphatic carbocycles. The Hall–Kier alpha value is -1.60. The summed E-state index contributed by atoms with van der Waals surface area (Å²) in [7, 11) is 0. The first kappa shape index (κ1) is 13.4. The first-order valence-electron chi connectivity index (χ1n) is 4.50. The molecular formula is C7H14N2O6. The Balaban J connectivity index is 3.94. The van der Waals surface area contributed by atoms with E-state index in [2.05, 4.69) is 9.68 Å². The Morgan fingerprint density at radius 3 is 2.13 bits per heavy atom. The summed E-state index contributed by atoms with van der Waals surface area (Å²) in [6, 6.07) is 0. The van der Waals surface area contributed by atoms with Gasteiger partial charge in [-0.05, 0) is 18.8 Å². The number of rotatable bonds is 8. The van der Waals surface area contributed by atoms with Crippen molar-refractivity contribution in [1.82, 2.24) is 0 Å². The zero-order chi connectivity index (χ0) is 11.8. The van der Waals surface area contributed by atoms with Crippen molar-refractivity contribution in [3.05, 3.63) is 20.2 Å². The average Bonchev–Trinajstić information content (AvgIpc) is 2.08. The maximum atomic E-state index is 10.1. The molecule has 0 aromatic carbocycles. The molecular weight excluding hydrogens is 208 g/mol. The van der Waals surface area contributed by atoms with Crippen molar-refractivity contribution in [1.29, 1.82) is 0 Å². The smallest absolute Gasteiger partial charge is 0.294 e. The highest BCUT2D eigenvalue weighted by atomic mass is 17.0. The second-order valence-electron chi connectivity index (χ2n) is 3.44. The van der Waals surface area contributed by atoms with Crippen molar-refractivity contribution < 1.29 is 19.8 Å². The van der Waals surface area contributed by atoms with E-state index >= 15 is 0 Å². The molecule has 0 spiro atoms. The first-order valence-corrected chi connectivity index (χ1v) is 4.50. The standard InChI is InChI=1S/C7H14N2O6/c1-6(2)3-4-7(15-9(12)13)5-14-8(10)11/h6-7H,3-5H2,1-2H3/t7-/m1/s1. The molecule has 0 unspecified atom stereocenters. The molecule has 0 heterocycles. The van der Waals surface area contributed by atoms with E-state index in [-0.39, 0.29) is 0 Å². The van der Waals surface area contributed by atoms with Gasteiger partial charge in [0.1, 0.15) is 12.7 Å². The highest BCUT2D eigenvalue weighted by Gasteiger charge is 2.15. The molecule has 8 heteroatoms. The Bertz CT molecular complexity index is 220. The first-order chi connectivity index (χ1) is 6.91. The number of nitrogens with zero attached hydrogens (tertiary/aromatic N) is 2. The predicted octanol–water partition coefficient (Wildman–Crippen LogP) is 1.21. The highest BCUT2D eigenvalue weighted by molar-refractivity contribution is 4.56. The molecule has 0 aromatic rings. The quantitative estimate of drug-likeness (QED) is 0.451. The normalized spacial score (nSPS) is 12.2. The van der Waals surface area contributed by atoms with E-state index < -0.39 is 22.9 Å². The Kier molecular flexibility index (Phi) is 6.07. The third-order valence-corrected chi connectivity index (χ3v) is 1.67. The molecule has 0 aliphatic heterocycles. The van der Waals surface area contributed by atoms with Crippen LogP contribution in [0.25, 0.3) is 0 Å². The minimum absolute atomic E-state index is 0.346. The van der Waals surface area contributed by atoms with Gasteiger partial charge in [0.05, 0.1) is 0 Å². The molecule has 1 atom stereocenters. The van der Waals surface area contributed by atoms with Gasteiger partial charge < -0.3 is 9.68 Å². The van der Waals surface area contributed by atoms with E-state index in [1.807, 2.05) is 13.8 Å². The van der Waals surface area contributed by atoms with Crippen molar-refractivity contribution in [2.24, 2.45) is 5.92 Å². The summed E-state index contributed by atoms with van der Waals surface area (Å²) >= 11 is 0. The van der Waals surface area contributed by atoms with Crippen LogP contribution >= 0.6 is 0 Å². The largest absolute Gasteiger partial charge is 0.312 e. The van der Waals surface area contributed by atoms with Crippen LogP contribution in [0.4, 0.5) is 0 Å². The maximum Gasteiger partial charge on any atom is 0.294 e. The van der Waals surface area contributed by atoms with Crippen LogP contribution in [0.3, 0.4) is 0 Å². The summed E-state index contributed by atoms with van der Waals surface area (Å²) < 4.78 is 0. The van der Waals surface area contributed by atoms with Crippen LogP contribution < -0.4 is 0 Å². The third kappa shape index (κ3) is 8.72. The van der Waals surface area contributed by atoms with Gasteiger partial charge in [-0.2, -0.15) is 0 Å². The molecule has 0 bridgehead atoms. The molecule has 0 rings (SSSR count). The number of hydrogen-bond donors (Lipinski definition) is 0. The molecule has 0 radical (unpaired) electrons. The van der Waals surface area contributed by atoms with Gasteiger partial charge in [-0.25, -0.2) is 0 Å². The van der Waals surface area contributed by atoms with Crippen LogP contribution in [0.15, 0.2) is 0 Å². The molecule has 0 amide bonds. The molecule has 0 saturated heterocycles. The van der Waals surface area contributed by atoms with E-state index in [1.165, 1.54) is 0 Å². The average molecular weight is 222 g/mol. The molecule has 8 nitrogen and oxygen atoms in total. The molecule has 88 valence electrons. The molecule has 0 aromatic heterocycles. The lowest BCUT2D eigenvalue weighted by molar-refractivity contribution is -0.790. The fraction of sp³-hybridized carbons (Fsp3) is 1.00. The van der Waals surface area contributed by atoms with E-state index in [1.54, 1.807) is 0 Å². The minimum atomic E-state index is -0.994. The van der Waals surface area contributed by atoms with E-state index in [0.717, 1.165) is 0 Å². The highest BCUT2D eigenvalue weighted by Crippen LogP contribution is 2.10. The van der Waals surface area contributed by atoms with E-state index in [9.17, 15) is 20.2 Å². The molecule has 0 aliphatic rings. The number of hydrogen-bond acceptors (Lipinski definition) is 6. The lowest BCUT2D eigenvalue weighted by Crippen LogP contribution is -2.25. The van der Waals surface area contributed by atoms with Crippen LogP contribution in [0.5, 0.6) is 0 Å². The third-order valence-electron chi connectivity index (χ3n) is 1.67. The summed E-state index contributed by atoms with van der Waals surface area (Å²) in [5, 5.41) is 18.0. The monoisotopic (exact) mass is 222 g/mol. The summed E-state index contributed by atoms with van der Waals surface area (Å²) in [6.07, 6.45) is 0.152. The second kappa shape index (κ2) is 6.80. The summed E-state index contributed by atoms with van der Waals surface area (Å²) in [6.45, 7) is 3.47. The van der Waals surface area contributed by atoms with E-state index in [4.69, 9.17) is 0 Å².